The van der Waals surface area contributed by atoms with Gasteiger partial charge in [0.2, 0.25) is 5.69 Å². The zero-order valence-electron chi connectivity index (χ0n) is 33.3. The molecule has 1 amide bonds. The standard InChI is InChI=1S/C43H52N4O9S2/c1-42(2)33-14-7-9-16-36(33)46(26-12-28-57(51,52)53)38(42)23-20-31(35-22-19-32(30-45-35)41(50)44-25-11-5-6-18-40(48)49)21-24-39-43(3,4)34-15-8-10-17-37(34)47(39)27-13-29-58(54,55)56/h7-10,14-17,19-24,30H,5-6,11-13,18,25-29H2,1-4H3,(H3-,44,48,49,50,51,52,53,54,55,56). The van der Waals surface area contributed by atoms with E-state index in [4.69, 9.17) is 10.1 Å². The number of nitrogens with one attached hydrogen (secondary N) is 1. The Morgan fingerprint density at radius 1 is 0.879 bits per heavy atom. The number of nitrogens with zero attached hydrogens (tertiary/aromatic N) is 3. The number of hydrogen-bond acceptors (Lipinski definition) is 9. The van der Waals surface area contributed by atoms with Crippen LogP contribution in [0.5, 0.6) is 0 Å². The molecule has 0 spiro atoms. The molecule has 58 heavy (non-hydrogen) atoms. The Bertz CT molecular complexity index is 2360. The molecule has 0 fully saturated rings. The van der Waals surface area contributed by atoms with Gasteiger partial charge in [0, 0.05) is 78.0 Å². The summed E-state index contributed by atoms with van der Waals surface area (Å²) >= 11 is 0. The van der Waals surface area contributed by atoms with Gasteiger partial charge in [0.15, 0.2) is 5.71 Å². The molecule has 310 valence electrons. The van der Waals surface area contributed by atoms with Crippen LogP contribution in [0.25, 0.3) is 5.57 Å². The van der Waals surface area contributed by atoms with Crippen LogP contribution in [-0.4, -0.2) is 89.3 Å². The number of amides is 1. The van der Waals surface area contributed by atoms with Crippen molar-refractivity contribution < 1.29 is 45.2 Å². The molecule has 0 unspecified atom stereocenters. The molecule has 0 radical (unpaired) electrons. The van der Waals surface area contributed by atoms with Crippen molar-refractivity contribution in [1.29, 1.82) is 0 Å². The predicted molar refractivity (Wildman–Crippen MR) is 224 cm³/mol. The number of pyridine rings is 1. The van der Waals surface area contributed by atoms with Crippen LogP contribution in [0.1, 0.15) is 93.4 Å². The quantitative estimate of drug-likeness (QED) is 0.0526. The van der Waals surface area contributed by atoms with Gasteiger partial charge in [0.1, 0.15) is 6.54 Å². The highest BCUT2D eigenvalue weighted by molar-refractivity contribution is 7.85. The van der Waals surface area contributed by atoms with E-state index in [9.17, 15) is 35.5 Å². The number of allylic oxidation sites excluding steroid dienone is 6. The van der Waals surface area contributed by atoms with Gasteiger partial charge in [0.05, 0.1) is 32.5 Å². The number of carboxylic acids is 1. The summed E-state index contributed by atoms with van der Waals surface area (Å²) in [5.41, 5.74) is 6.38. The van der Waals surface area contributed by atoms with Gasteiger partial charge in [-0.05, 0) is 69.0 Å². The summed E-state index contributed by atoms with van der Waals surface area (Å²) in [6.07, 6.45) is 11.6. The predicted octanol–water partition coefficient (Wildman–Crippen LogP) is 6.37. The molecule has 15 heteroatoms. The second kappa shape index (κ2) is 18.3. The van der Waals surface area contributed by atoms with Gasteiger partial charge in [-0.3, -0.25) is 19.1 Å². The van der Waals surface area contributed by atoms with Crippen LogP contribution in [0, 0.1) is 0 Å². The minimum atomic E-state index is -4.41. The molecule has 5 rings (SSSR count). The normalized spacial score (nSPS) is 16.9. The van der Waals surface area contributed by atoms with E-state index in [1.807, 2.05) is 77.4 Å². The van der Waals surface area contributed by atoms with E-state index in [1.165, 1.54) is 6.20 Å². The number of aromatic nitrogens is 1. The third-order valence-corrected chi connectivity index (χ3v) is 12.3. The van der Waals surface area contributed by atoms with Crippen LogP contribution >= 0.6 is 0 Å². The highest BCUT2D eigenvalue weighted by Gasteiger charge is 2.44. The summed E-state index contributed by atoms with van der Waals surface area (Å²) < 4.78 is 69.4. The van der Waals surface area contributed by atoms with Gasteiger partial charge in [-0.2, -0.15) is 13.0 Å². The number of benzene rings is 2. The van der Waals surface area contributed by atoms with Crippen LogP contribution in [0.3, 0.4) is 0 Å². The molecule has 0 saturated carbocycles. The molecule has 3 N–H and O–H groups in total. The van der Waals surface area contributed by atoms with Crippen LogP contribution in [0.4, 0.5) is 11.4 Å². The van der Waals surface area contributed by atoms with E-state index in [1.54, 1.807) is 12.1 Å². The molecule has 1 aromatic heterocycles. The Kier molecular flexibility index (Phi) is 13.9. The highest BCUT2D eigenvalue weighted by Crippen LogP contribution is 2.48. The first kappa shape index (κ1) is 44.1. The number of carboxylic acid groups (broad SMARTS) is 1. The Labute approximate surface area is 341 Å². The summed E-state index contributed by atoms with van der Waals surface area (Å²) in [5.74, 6) is -2.02. The Hall–Kier alpha value is -4.96. The topological polar surface area (TPSA) is 197 Å². The van der Waals surface area contributed by atoms with Crippen molar-refractivity contribution in [3.05, 3.63) is 119 Å². The van der Waals surface area contributed by atoms with E-state index >= 15 is 0 Å². The number of aliphatic carboxylic acids is 1. The maximum Gasteiger partial charge on any atom is 0.303 e. The zero-order valence-corrected chi connectivity index (χ0v) is 35.0. The molecule has 2 aromatic carbocycles. The second-order valence-electron chi connectivity index (χ2n) is 15.6. The maximum absolute atomic E-state index is 13.0. The average Bonchev–Trinajstić information content (AvgIpc) is 3.50. The lowest BCUT2D eigenvalue weighted by Gasteiger charge is -2.27. The number of unbranched alkanes of at least 4 members (excludes halogenated alkanes) is 2. The fraction of sp³-hybridized carbons (Fsp3) is 0.395. The summed E-state index contributed by atoms with van der Waals surface area (Å²) in [4.78, 5) is 30.5. The fourth-order valence-corrected chi connectivity index (χ4v) is 8.69. The minimum absolute atomic E-state index is 0.0876. The van der Waals surface area contributed by atoms with Crippen molar-refractivity contribution in [3.63, 3.8) is 0 Å². The molecule has 2 aliphatic heterocycles. The first-order chi connectivity index (χ1) is 27.3. The van der Waals surface area contributed by atoms with Gasteiger partial charge in [0.25, 0.3) is 16.0 Å². The molecule has 2 aliphatic rings. The van der Waals surface area contributed by atoms with Crippen molar-refractivity contribution >= 4 is 54.8 Å². The largest absolute Gasteiger partial charge is 0.748 e. The minimum Gasteiger partial charge on any atom is -0.748 e. The van der Waals surface area contributed by atoms with Crippen molar-refractivity contribution in [1.82, 2.24) is 10.3 Å². The van der Waals surface area contributed by atoms with Crippen LogP contribution in [0.2, 0.25) is 0 Å². The number of hydrogen-bond donors (Lipinski definition) is 3. The molecule has 0 aliphatic carbocycles. The Balaban J connectivity index is 1.54. The van der Waals surface area contributed by atoms with Crippen molar-refractivity contribution in [2.75, 3.05) is 36.0 Å². The van der Waals surface area contributed by atoms with Crippen LogP contribution < -0.4 is 10.2 Å². The fourth-order valence-electron chi connectivity index (χ4n) is 7.71. The summed E-state index contributed by atoms with van der Waals surface area (Å²) in [5, 5.41) is 11.7. The summed E-state index contributed by atoms with van der Waals surface area (Å²) in [6.45, 7) is 9.39. The monoisotopic (exact) mass is 832 g/mol. The second-order valence-corrected chi connectivity index (χ2v) is 18.7. The number of fused-ring (bicyclic) bond motifs is 2. The number of carbonyl (C=O) groups is 2. The van der Waals surface area contributed by atoms with E-state index < -0.39 is 42.8 Å². The van der Waals surface area contributed by atoms with Crippen molar-refractivity contribution in [2.45, 2.75) is 77.0 Å². The third-order valence-electron chi connectivity index (χ3n) is 10.7. The third kappa shape index (κ3) is 10.9. The molecule has 0 bridgehead atoms. The Morgan fingerprint density at radius 2 is 1.59 bits per heavy atom. The smallest absolute Gasteiger partial charge is 0.303 e. The number of rotatable bonds is 19. The molecular weight excluding hydrogens is 781 g/mol. The zero-order chi connectivity index (χ0) is 42.3. The maximum atomic E-state index is 13.0. The van der Waals surface area contributed by atoms with Crippen molar-refractivity contribution in [3.8, 4) is 0 Å². The number of para-hydroxylation sites is 2. The highest BCUT2D eigenvalue weighted by atomic mass is 32.2. The molecule has 3 aromatic rings. The lowest BCUT2D eigenvalue weighted by molar-refractivity contribution is -0.437. The lowest BCUT2D eigenvalue weighted by Crippen LogP contribution is -2.28. The van der Waals surface area contributed by atoms with E-state index in [0.29, 0.717) is 55.7 Å². The van der Waals surface area contributed by atoms with E-state index in [-0.39, 0.29) is 30.9 Å². The molecule has 13 nitrogen and oxygen atoms in total. The Morgan fingerprint density at radius 3 is 2.26 bits per heavy atom. The molecule has 0 atom stereocenters. The van der Waals surface area contributed by atoms with Crippen LogP contribution in [-0.2, 0) is 35.9 Å². The summed E-state index contributed by atoms with van der Waals surface area (Å²) in [6, 6.07) is 19.2. The first-order valence-electron chi connectivity index (χ1n) is 19.4. The van der Waals surface area contributed by atoms with Gasteiger partial charge in [-0.1, -0.05) is 62.7 Å². The van der Waals surface area contributed by atoms with Gasteiger partial charge in [-0.25, -0.2) is 8.42 Å². The van der Waals surface area contributed by atoms with E-state index in [2.05, 4.69) is 37.9 Å². The lowest BCUT2D eigenvalue weighted by atomic mass is 9.81. The molecular formula is C43H52N4O9S2. The summed E-state index contributed by atoms with van der Waals surface area (Å²) in [7, 11) is -8.57. The van der Waals surface area contributed by atoms with Crippen molar-refractivity contribution in [2.24, 2.45) is 0 Å². The van der Waals surface area contributed by atoms with Gasteiger partial charge in [-0.15, -0.1) is 0 Å². The average molecular weight is 833 g/mol. The van der Waals surface area contributed by atoms with Gasteiger partial charge >= 0.3 is 5.97 Å². The molecule has 3 heterocycles. The molecule has 0 saturated heterocycles. The SMILES string of the molecule is CC1(C)C(/C=C/C(=C/C=C2/N(CCCS(=O)(=O)O)c3ccccc3C2(C)C)c2ccc(C(=O)NCCCCCC(=O)O)cn2)=[N+](CCCS(=O)(=O)[O-])c2ccccc21. The van der Waals surface area contributed by atoms with E-state index in [0.717, 1.165) is 33.9 Å². The number of carbonyl (C=O) groups excluding carboxylic acids is 1. The van der Waals surface area contributed by atoms with Gasteiger partial charge < -0.3 is 19.9 Å². The first-order valence-corrected chi connectivity index (χ1v) is 22.6. The number of anilines is 1. The van der Waals surface area contributed by atoms with Crippen LogP contribution in [0.15, 0.2) is 96.9 Å².